The number of fused-ring (bicyclic) bond motifs is 2. The van der Waals surface area contributed by atoms with Crippen LogP contribution in [0, 0.1) is 0 Å². The average molecular weight is 328 g/mol. The first-order valence-electron chi connectivity index (χ1n) is 8.76. The van der Waals surface area contributed by atoms with Crippen molar-refractivity contribution in [2.75, 3.05) is 18.4 Å². The van der Waals surface area contributed by atoms with Gasteiger partial charge in [-0.05, 0) is 65.3 Å². The van der Waals surface area contributed by atoms with Crippen molar-refractivity contribution < 1.29 is 14.1 Å². The Morgan fingerprint density at radius 3 is 2.25 bits per heavy atom. The molecule has 0 atom stereocenters. The number of benzene rings is 1. The summed E-state index contributed by atoms with van der Waals surface area (Å²) in [7, 11) is -0.327. The first-order valence-corrected chi connectivity index (χ1v) is 8.76. The molecule has 1 N–H and O–H groups in total. The van der Waals surface area contributed by atoms with Gasteiger partial charge in [0.15, 0.2) is 0 Å². The summed E-state index contributed by atoms with van der Waals surface area (Å²) in [6.45, 7) is 9.85. The SMILES string of the molecule is CC1(C)OB(N2CCC3(CC2)C(=O)Nc2ccccc23)OC1(C)C. The third-order valence-electron chi connectivity index (χ3n) is 6.32. The summed E-state index contributed by atoms with van der Waals surface area (Å²) >= 11 is 0. The third kappa shape index (κ3) is 2.16. The summed E-state index contributed by atoms with van der Waals surface area (Å²) in [6, 6.07) is 8.05. The quantitative estimate of drug-likeness (QED) is 0.805. The Morgan fingerprint density at radius 2 is 1.62 bits per heavy atom. The maximum absolute atomic E-state index is 12.7. The predicted molar refractivity (Wildman–Crippen MR) is 93.6 cm³/mol. The molecule has 1 spiro atoms. The van der Waals surface area contributed by atoms with Crippen LogP contribution in [0.1, 0.15) is 46.1 Å². The molecule has 6 heteroatoms. The molecular weight excluding hydrogens is 303 g/mol. The number of piperidine rings is 1. The maximum atomic E-state index is 12.7. The lowest BCUT2D eigenvalue weighted by Crippen LogP contribution is -2.52. The van der Waals surface area contributed by atoms with Crippen LogP contribution in [0.25, 0.3) is 0 Å². The van der Waals surface area contributed by atoms with E-state index in [1.54, 1.807) is 0 Å². The number of anilines is 1. The van der Waals surface area contributed by atoms with Crippen LogP contribution in [-0.2, 0) is 19.5 Å². The third-order valence-corrected chi connectivity index (χ3v) is 6.32. The van der Waals surface area contributed by atoms with Gasteiger partial charge in [0.1, 0.15) is 0 Å². The molecule has 0 bridgehead atoms. The van der Waals surface area contributed by atoms with Gasteiger partial charge in [0, 0.05) is 5.69 Å². The first-order chi connectivity index (χ1) is 11.3. The summed E-state index contributed by atoms with van der Waals surface area (Å²) in [5.74, 6) is 0.136. The molecule has 5 nitrogen and oxygen atoms in total. The van der Waals surface area contributed by atoms with E-state index in [9.17, 15) is 4.79 Å². The van der Waals surface area contributed by atoms with Gasteiger partial charge in [0.05, 0.1) is 16.6 Å². The molecule has 3 aliphatic rings. The van der Waals surface area contributed by atoms with Gasteiger partial charge >= 0.3 is 7.25 Å². The lowest BCUT2D eigenvalue weighted by atomic mass is 9.72. The van der Waals surface area contributed by atoms with Crippen LogP contribution in [0.15, 0.2) is 24.3 Å². The lowest BCUT2D eigenvalue weighted by Gasteiger charge is -2.38. The Balaban J connectivity index is 1.51. The van der Waals surface area contributed by atoms with E-state index < -0.39 is 5.41 Å². The average Bonchev–Trinajstić information content (AvgIpc) is 2.91. The molecule has 1 amide bonds. The van der Waals surface area contributed by atoms with Crippen LogP contribution in [0.2, 0.25) is 0 Å². The van der Waals surface area contributed by atoms with Crippen molar-refractivity contribution in [3.8, 4) is 0 Å². The minimum atomic E-state index is -0.392. The number of hydrogen-bond acceptors (Lipinski definition) is 4. The fourth-order valence-corrected chi connectivity index (χ4v) is 3.95. The van der Waals surface area contributed by atoms with E-state index in [1.165, 1.54) is 0 Å². The van der Waals surface area contributed by atoms with E-state index in [2.05, 4.69) is 43.9 Å². The smallest absolute Gasteiger partial charge is 0.389 e. The highest BCUT2D eigenvalue weighted by atomic mass is 16.7. The van der Waals surface area contributed by atoms with E-state index in [0.29, 0.717) is 0 Å². The van der Waals surface area contributed by atoms with Gasteiger partial charge in [-0.2, -0.15) is 0 Å². The number of hydrogen-bond donors (Lipinski definition) is 1. The molecule has 2 saturated heterocycles. The standard InChI is InChI=1S/C18H25BN2O3/c1-16(2)17(3,4)24-19(23-16)21-11-9-18(10-12-21)13-7-5-6-8-14(13)20-15(18)22/h5-8H,9-12H2,1-4H3,(H,20,22). The molecule has 1 aromatic carbocycles. The lowest BCUT2D eigenvalue weighted by molar-refractivity contribution is -0.122. The number of amides is 1. The van der Waals surface area contributed by atoms with Crippen molar-refractivity contribution in [3.63, 3.8) is 0 Å². The van der Waals surface area contributed by atoms with Crippen LogP contribution < -0.4 is 5.32 Å². The van der Waals surface area contributed by atoms with E-state index in [0.717, 1.165) is 37.2 Å². The molecule has 2 fully saturated rings. The monoisotopic (exact) mass is 328 g/mol. The molecule has 24 heavy (non-hydrogen) atoms. The molecular formula is C18H25BN2O3. The Morgan fingerprint density at radius 1 is 1.04 bits per heavy atom. The minimum absolute atomic E-state index is 0.136. The van der Waals surface area contributed by atoms with E-state index in [1.807, 2.05) is 18.2 Å². The van der Waals surface area contributed by atoms with E-state index >= 15 is 0 Å². The van der Waals surface area contributed by atoms with Crippen LogP contribution in [0.4, 0.5) is 5.69 Å². The van der Waals surface area contributed by atoms with E-state index in [4.69, 9.17) is 9.31 Å². The van der Waals surface area contributed by atoms with Crippen LogP contribution >= 0.6 is 0 Å². The molecule has 0 unspecified atom stereocenters. The second-order valence-corrected chi connectivity index (χ2v) is 8.18. The molecule has 128 valence electrons. The molecule has 3 heterocycles. The normalized spacial score (nSPS) is 27.3. The van der Waals surface area contributed by atoms with Crippen molar-refractivity contribution in [2.45, 2.75) is 57.2 Å². The summed E-state index contributed by atoms with van der Waals surface area (Å²) < 4.78 is 12.3. The number of rotatable bonds is 1. The minimum Gasteiger partial charge on any atom is -0.389 e. The van der Waals surface area contributed by atoms with Crippen molar-refractivity contribution in [2.24, 2.45) is 0 Å². The zero-order valence-electron chi connectivity index (χ0n) is 14.9. The topological polar surface area (TPSA) is 50.8 Å². The number of carbonyl (C=O) groups excluding carboxylic acids is 1. The molecule has 1 aromatic rings. The predicted octanol–water partition coefficient (Wildman–Crippen LogP) is 2.56. The number of nitrogens with one attached hydrogen (secondary N) is 1. The molecule has 0 saturated carbocycles. The van der Waals surface area contributed by atoms with Gasteiger partial charge in [-0.25, -0.2) is 0 Å². The maximum Gasteiger partial charge on any atom is 0.558 e. The summed E-state index contributed by atoms with van der Waals surface area (Å²) in [4.78, 5) is 14.9. The van der Waals surface area contributed by atoms with Gasteiger partial charge in [-0.15, -0.1) is 0 Å². The Labute approximate surface area is 143 Å². The highest BCUT2D eigenvalue weighted by Crippen LogP contribution is 2.46. The summed E-state index contributed by atoms with van der Waals surface area (Å²) in [5, 5.41) is 3.05. The first kappa shape index (κ1) is 16.1. The summed E-state index contributed by atoms with van der Waals surface area (Å²) in [5.41, 5.74) is 1.06. The molecule has 3 aliphatic heterocycles. The molecule has 0 radical (unpaired) electrons. The van der Waals surface area contributed by atoms with Gasteiger partial charge in [0.25, 0.3) is 0 Å². The van der Waals surface area contributed by atoms with Gasteiger partial charge in [0.2, 0.25) is 5.91 Å². The fourth-order valence-electron chi connectivity index (χ4n) is 3.95. The van der Waals surface area contributed by atoms with Gasteiger partial charge in [-0.1, -0.05) is 18.2 Å². The van der Waals surface area contributed by atoms with Crippen LogP contribution in [0.3, 0.4) is 0 Å². The molecule has 0 aliphatic carbocycles. The van der Waals surface area contributed by atoms with Crippen molar-refractivity contribution in [1.29, 1.82) is 0 Å². The Hall–Kier alpha value is -1.37. The van der Waals surface area contributed by atoms with Crippen LogP contribution in [-0.4, -0.2) is 42.3 Å². The summed E-state index contributed by atoms with van der Waals surface area (Å²) in [6.07, 6.45) is 1.58. The van der Waals surface area contributed by atoms with Gasteiger partial charge in [-0.3, -0.25) is 9.61 Å². The number of para-hydroxylation sites is 1. The second kappa shape index (κ2) is 5.07. The van der Waals surface area contributed by atoms with E-state index in [-0.39, 0.29) is 24.4 Å². The second-order valence-electron chi connectivity index (χ2n) is 8.18. The van der Waals surface area contributed by atoms with Crippen molar-refractivity contribution in [1.82, 2.24) is 4.81 Å². The van der Waals surface area contributed by atoms with Gasteiger partial charge < -0.3 is 14.6 Å². The highest BCUT2D eigenvalue weighted by Gasteiger charge is 2.56. The molecule has 4 rings (SSSR count). The Bertz CT molecular complexity index is 665. The number of carbonyl (C=O) groups is 1. The number of nitrogens with zero attached hydrogens (tertiary/aromatic N) is 1. The Kier molecular flexibility index (Phi) is 3.40. The zero-order valence-corrected chi connectivity index (χ0v) is 14.9. The van der Waals surface area contributed by atoms with Crippen molar-refractivity contribution in [3.05, 3.63) is 29.8 Å². The fraction of sp³-hybridized carbons (Fsp3) is 0.611. The molecule has 0 aromatic heterocycles. The largest absolute Gasteiger partial charge is 0.558 e. The highest BCUT2D eigenvalue weighted by molar-refractivity contribution is 6.42. The van der Waals surface area contributed by atoms with Crippen molar-refractivity contribution >= 4 is 18.8 Å². The van der Waals surface area contributed by atoms with Crippen LogP contribution in [0.5, 0.6) is 0 Å². The zero-order chi connectivity index (χ0) is 17.2.